The first-order valence-electron chi connectivity index (χ1n) is 10.5. The summed E-state index contributed by atoms with van der Waals surface area (Å²) < 4.78 is 7.02. The minimum absolute atomic E-state index is 0.127. The van der Waals surface area contributed by atoms with E-state index in [0.717, 1.165) is 27.1 Å². The summed E-state index contributed by atoms with van der Waals surface area (Å²) in [5.41, 5.74) is 5.78. The van der Waals surface area contributed by atoms with Crippen molar-refractivity contribution in [2.75, 3.05) is 5.75 Å². The monoisotopic (exact) mass is 518 g/mol. The molecule has 0 aromatic heterocycles. The highest BCUT2D eigenvalue weighted by Crippen LogP contribution is 2.22. The van der Waals surface area contributed by atoms with Gasteiger partial charge in [-0.3, -0.25) is 4.79 Å². The molecule has 4 nitrogen and oxygen atoms in total. The largest absolute Gasteiger partial charge is 0.489 e. The van der Waals surface area contributed by atoms with E-state index in [2.05, 4.69) is 50.7 Å². The number of thioether (sulfide) groups is 1. The van der Waals surface area contributed by atoms with E-state index < -0.39 is 0 Å². The van der Waals surface area contributed by atoms with Gasteiger partial charge in [0.15, 0.2) is 0 Å². The van der Waals surface area contributed by atoms with Crippen molar-refractivity contribution >= 4 is 50.6 Å². The van der Waals surface area contributed by atoms with Crippen molar-refractivity contribution in [1.29, 1.82) is 0 Å². The summed E-state index contributed by atoms with van der Waals surface area (Å²) in [7, 11) is 0. The van der Waals surface area contributed by atoms with Crippen molar-refractivity contribution in [1.82, 2.24) is 5.43 Å². The maximum atomic E-state index is 12.0. The molecule has 4 aromatic rings. The van der Waals surface area contributed by atoms with Gasteiger partial charge in [0.1, 0.15) is 12.4 Å². The maximum absolute atomic E-state index is 12.0. The molecule has 0 heterocycles. The van der Waals surface area contributed by atoms with Crippen LogP contribution in [0.2, 0.25) is 0 Å². The zero-order chi connectivity index (χ0) is 22.9. The van der Waals surface area contributed by atoms with Crippen LogP contribution in [0.15, 0.2) is 101 Å². The number of halogens is 1. The normalized spacial score (nSPS) is 11.1. The number of carbonyl (C=O) groups excluding carboxylic acids is 1. The zero-order valence-corrected chi connectivity index (χ0v) is 20.3. The van der Waals surface area contributed by atoms with Crippen LogP contribution in [0.5, 0.6) is 5.75 Å². The van der Waals surface area contributed by atoms with E-state index in [9.17, 15) is 4.79 Å². The molecule has 0 atom stereocenters. The number of ether oxygens (including phenoxy) is 1. The summed E-state index contributed by atoms with van der Waals surface area (Å²) >= 11 is 5.07. The van der Waals surface area contributed by atoms with Gasteiger partial charge < -0.3 is 4.74 Å². The van der Waals surface area contributed by atoms with Gasteiger partial charge >= 0.3 is 0 Å². The van der Waals surface area contributed by atoms with Gasteiger partial charge in [0.05, 0.1) is 12.0 Å². The molecule has 0 fully saturated rings. The molecule has 0 aliphatic rings. The van der Waals surface area contributed by atoms with Crippen molar-refractivity contribution in [3.05, 3.63) is 112 Å². The summed E-state index contributed by atoms with van der Waals surface area (Å²) in [6.45, 7) is 0.502. The quantitative estimate of drug-likeness (QED) is 0.201. The van der Waals surface area contributed by atoms with Crippen molar-refractivity contribution in [3.63, 3.8) is 0 Å². The number of hydrogen-bond donors (Lipinski definition) is 1. The highest BCUT2D eigenvalue weighted by atomic mass is 79.9. The van der Waals surface area contributed by atoms with Crippen LogP contribution >= 0.6 is 27.7 Å². The Labute approximate surface area is 206 Å². The highest BCUT2D eigenvalue weighted by Gasteiger charge is 2.04. The Hall–Kier alpha value is -3.09. The fourth-order valence-corrected chi connectivity index (χ4v) is 4.74. The average Bonchev–Trinajstić information content (AvgIpc) is 2.85. The number of rotatable bonds is 9. The van der Waals surface area contributed by atoms with Crippen LogP contribution in [-0.2, 0) is 17.2 Å². The minimum Gasteiger partial charge on any atom is -0.489 e. The molecule has 1 amide bonds. The van der Waals surface area contributed by atoms with Crippen LogP contribution in [0.25, 0.3) is 10.8 Å². The molecule has 0 aliphatic carbocycles. The lowest BCUT2D eigenvalue weighted by molar-refractivity contribution is -0.118. The number of nitrogens with one attached hydrogen (secondary N) is 1. The second-order valence-corrected chi connectivity index (χ2v) is 9.21. The van der Waals surface area contributed by atoms with Crippen LogP contribution in [0.4, 0.5) is 0 Å². The molecule has 0 radical (unpaired) electrons. The van der Waals surface area contributed by atoms with Crippen molar-refractivity contribution in [3.8, 4) is 5.75 Å². The Morgan fingerprint density at radius 3 is 2.48 bits per heavy atom. The molecule has 166 valence electrons. The SMILES string of the molecule is O=C(CSCc1ccccc1Br)N/N=C\c1ccc(OCc2cccc3ccccc23)cc1. The van der Waals surface area contributed by atoms with Gasteiger partial charge in [0, 0.05) is 10.2 Å². The molecule has 0 saturated heterocycles. The maximum Gasteiger partial charge on any atom is 0.250 e. The summed E-state index contributed by atoms with van der Waals surface area (Å²) in [5, 5.41) is 6.46. The molecule has 0 unspecified atom stereocenters. The smallest absolute Gasteiger partial charge is 0.250 e. The second-order valence-electron chi connectivity index (χ2n) is 7.37. The molecule has 0 spiro atoms. The summed E-state index contributed by atoms with van der Waals surface area (Å²) in [4.78, 5) is 12.0. The summed E-state index contributed by atoms with van der Waals surface area (Å²) in [6.07, 6.45) is 1.63. The summed E-state index contributed by atoms with van der Waals surface area (Å²) in [5.74, 6) is 1.77. The number of hydrazone groups is 1. The van der Waals surface area contributed by atoms with E-state index in [-0.39, 0.29) is 5.91 Å². The van der Waals surface area contributed by atoms with Crippen LogP contribution in [0, 0.1) is 0 Å². The van der Waals surface area contributed by atoms with Crippen LogP contribution in [0.3, 0.4) is 0 Å². The zero-order valence-electron chi connectivity index (χ0n) is 17.9. The predicted octanol–water partition coefficient (Wildman–Crippen LogP) is 6.56. The third-order valence-corrected chi connectivity index (χ3v) is 6.76. The van der Waals surface area contributed by atoms with E-state index in [1.165, 1.54) is 16.3 Å². The van der Waals surface area contributed by atoms with Crippen molar-refractivity contribution < 1.29 is 9.53 Å². The predicted molar refractivity (Wildman–Crippen MR) is 141 cm³/mol. The first-order chi connectivity index (χ1) is 16.2. The molecular weight excluding hydrogens is 496 g/mol. The number of fused-ring (bicyclic) bond motifs is 1. The van der Waals surface area contributed by atoms with E-state index >= 15 is 0 Å². The van der Waals surface area contributed by atoms with Crippen molar-refractivity contribution in [2.24, 2.45) is 5.10 Å². The molecule has 0 saturated carbocycles. The van der Waals surface area contributed by atoms with Crippen LogP contribution < -0.4 is 10.2 Å². The van der Waals surface area contributed by atoms with E-state index in [4.69, 9.17) is 4.74 Å². The van der Waals surface area contributed by atoms with E-state index in [1.807, 2.05) is 66.7 Å². The third-order valence-electron chi connectivity index (χ3n) is 5.01. The Balaban J connectivity index is 1.22. The topological polar surface area (TPSA) is 50.7 Å². The van der Waals surface area contributed by atoms with Crippen LogP contribution in [0.1, 0.15) is 16.7 Å². The lowest BCUT2D eigenvalue weighted by Gasteiger charge is -2.09. The van der Waals surface area contributed by atoms with Gasteiger partial charge in [-0.05, 0) is 57.8 Å². The van der Waals surface area contributed by atoms with Crippen molar-refractivity contribution in [2.45, 2.75) is 12.4 Å². The minimum atomic E-state index is -0.127. The molecule has 0 bridgehead atoms. The highest BCUT2D eigenvalue weighted by molar-refractivity contribution is 9.10. The summed E-state index contributed by atoms with van der Waals surface area (Å²) in [6, 6.07) is 30.2. The van der Waals surface area contributed by atoms with Gasteiger partial charge in [-0.1, -0.05) is 76.6 Å². The lowest BCUT2D eigenvalue weighted by Crippen LogP contribution is -2.19. The standard InChI is InChI=1S/C27H23BrN2O2S/c28-26-11-4-2-7-23(26)18-33-19-27(31)30-29-16-20-12-14-24(15-13-20)32-17-22-9-5-8-21-6-1-3-10-25(21)22/h1-16H,17-19H2,(H,30,31)/b29-16-. The van der Waals surface area contributed by atoms with Gasteiger partial charge in [0.2, 0.25) is 5.91 Å². The van der Waals surface area contributed by atoms with E-state index in [1.54, 1.807) is 18.0 Å². The van der Waals surface area contributed by atoms with Gasteiger partial charge in [-0.2, -0.15) is 5.10 Å². The van der Waals surface area contributed by atoms with E-state index in [0.29, 0.717) is 12.4 Å². The lowest BCUT2D eigenvalue weighted by atomic mass is 10.1. The Morgan fingerprint density at radius 1 is 0.909 bits per heavy atom. The average molecular weight is 519 g/mol. The number of nitrogens with zero attached hydrogens (tertiary/aromatic N) is 1. The number of hydrogen-bond acceptors (Lipinski definition) is 4. The first-order valence-corrected chi connectivity index (χ1v) is 12.5. The molecular formula is C27H23BrN2O2S. The molecule has 4 aromatic carbocycles. The third kappa shape index (κ3) is 6.70. The van der Waals surface area contributed by atoms with Crippen LogP contribution in [-0.4, -0.2) is 17.9 Å². The fraction of sp³-hybridized carbons (Fsp3) is 0.111. The molecule has 0 aliphatic heterocycles. The van der Waals surface area contributed by atoms with Gasteiger partial charge in [-0.25, -0.2) is 5.43 Å². The Bertz CT molecular complexity index is 1250. The fourth-order valence-electron chi connectivity index (χ4n) is 3.31. The second kappa shape index (κ2) is 11.7. The molecule has 33 heavy (non-hydrogen) atoms. The molecule has 1 N–H and O–H groups in total. The van der Waals surface area contributed by atoms with Gasteiger partial charge in [0.25, 0.3) is 0 Å². The Morgan fingerprint density at radius 2 is 1.64 bits per heavy atom. The molecule has 6 heteroatoms. The van der Waals surface area contributed by atoms with Gasteiger partial charge in [-0.15, -0.1) is 11.8 Å². The number of amides is 1. The Kier molecular flexibility index (Phi) is 8.17. The molecule has 4 rings (SSSR count). The first kappa shape index (κ1) is 23.1. The number of carbonyl (C=O) groups is 1. The number of benzene rings is 4.